The Morgan fingerprint density at radius 1 is 1.11 bits per heavy atom. The molecule has 0 N–H and O–H groups in total. The second-order valence-electron chi connectivity index (χ2n) is 3.05. The van der Waals surface area contributed by atoms with Crippen molar-refractivity contribution in [3.05, 3.63) is 24.3 Å². The zero-order valence-electron chi connectivity index (χ0n) is 8.78. The predicted octanol–water partition coefficient (Wildman–Crippen LogP) is 2.53. The van der Waals surface area contributed by atoms with E-state index in [9.17, 15) is 21.6 Å². The minimum absolute atomic E-state index is 0.122. The molecule has 0 unspecified atom stereocenters. The molecule has 4 nitrogen and oxygen atoms in total. The Kier molecular flexibility index (Phi) is 4.83. The summed E-state index contributed by atoms with van der Waals surface area (Å²) in [7, 11) is 1.25. The minimum atomic E-state index is -4.69. The molecule has 0 aliphatic heterocycles. The van der Waals surface area contributed by atoms with Crippen LogP contribution in [0.25, 0.3) is 0 Å². The summed E-state index contributed by atoms with van der Waals surface area (Å²) in [5.41, 5.74) is 0. The van der Waals surface area contributed by atoms with E-state index >= 15 is 0 Å². The van der Waals surface area contributed by atoms with Crippen LogP contribution in [0.1, 0.15) is 0 Å². The fourth-order valence-electron chi connectivity index (χ4n) is 1.02. The van der Waals surface area contributed by atoms with Crippen LogP contribution in [0.2, 0.25) is 0 Å². The number of hydrogen-bond donors (Lipinski definition) is 0. The monoisotopic (exact) mass is 304 g/mol. The van der Waals surface area contributed by atoms with Gasteiger partial charge < -0.3 is 4.74 Å². The molecule has 0 amide bonds. The Bertz CT molecular complexity index is 484. The van der Waals surface area contributed by atoms with Crippen molar-refractivity contribution in [2.24, 2.45) is 0 Å². The van der Waals surface area contributed by atoms with Crippen molar-refractivity contribution in [3.8, 4) is 5.75 Å². The molecule has 18 heavy (non-hydrogen) atoms. The van der Waals surface area contributed by atoms with Gasteiger partial charge in [-0.05, 0) is 24.3 Å². The molecule has 0 bridgehead atoms. The Labute approximate surface area is 106 Å². The maximum Gasteiger partial charge on any atom is 0.522 e. The Morgan fingerprint density at radius 2 is 1.67 bits per heavy atom. The van der Waals surface area contributed by atoms with Gasteiger partial charge in [-0.3, -0.25) is 4.74 Å². The van der Waals surface area contributed by atoms with Gasteiger partial charge in [-0.15, -0.1) is 13.2 Å². The summed E-state index contributed by atoms with van der Waals surface area (Å²) < 4.78 is 65.0. The normalized spacial score (nSPS) is 12.4. The summed E-state index contributed by atoms with van der Waals surface area (Å²) in [6.07, 6.45) is -4.69. The van der Waals surface area contributed by atoms with E-state index in [0.29, 0.717) is 0 Å². The lowest BCUT2D eigenvalue weighted by Gasteiger charge is -2.09. The maximum atomic E-state index is 11.6. The first kappa shape index (κ1) is 15.1. The molecule has 0 radical (unpaired) electrons. The zero-order chi connectivity index (χ0) is 13.8. The first-order valence-corrected chi connectivity index (χ1v) is 6.88. The smallest absolute Gasteiger partial charge is 0.491 e. The van der Waals surface area contributed by atoms with Gasteiger partial charge in [-0.1, -0.05) is 0 Å². The molecule has 0 fully saturated rings. The van der Waals surface area contributed by atoms with Crippen LogP contribution in [0.5, 0.6) is 5.75 Å². The largest absolute Gasteiger partial charge is 0.522 e. The Balaban J connectivity index is 2.45. The highest BCUT2D eigenvalue weighted by Crippen LogP contribution is 2.19. The molecule has 0 atom stereocenters. The van der Waals surface area contributed by atoms with Gasteiger partial charge in [0.05, 0.1) is 11.5 Å². The van der Waals surface area contributed by atoms with Crippen molar-refractivity contribution >= 4 is 19.7 Å². The first-order valence-electron chi connectivity index (χ1n) is 4.57. The minimum Gasteiger partial charge on any atom is -0.491 e. The first-order chi connectivity index (χ1) is 8.18. The zero-order valence-corrected chi connectivity index (χ0v) is 10.3. The molecule has 1 aromatic carbocycles. The van der Waals surface area contributed by atoms with Gasteiger partial charge in [0.25, 0.3) is 9.05 Å². The van der Waals surface area contributed by atoms with E-state index in [1.807, 2.05) is 0 Å². The molecule has 0 aromatic heterocycles. The van der Waals surface area contributed by atoms with Crippen molar-refractivity contribution in [3.63, 3.8) is 0 Å². The van der Waals surface area contributed by atoms with Gasteiger partial charge in [0.2, 0.25) is 0 Å². The lowest BCUT2D eigenvalue weighted by Crippen LogP contribution is -2.18. The van der Waals surface area contributed by atoms with Crippen LogP contribution in [0, 0.1) is 0 Å². The molecule has 102 valence electrons. The Morgan fingerprint density at radius 3 is 2.11 bits per heavy atom. The topological polar surface area (TPSA) is 52.6 Å². The third-order valence-electron chi connectivity index (χ3n) is 1.72. The summed E-state index contributed by atoms with van der Waals surface area (Å²) in [4.78, 5) is -0.122. The molecule has 9 heteroatoms. The Hall–Kier alpha value is -0.990. The summed E-state index contributed by atoms with van der Waals surface area (Å²) in [6.45, 7) is -0.967. The predicted molar refractivity (Wildman–Crippen MR) is 57.0 cm³/mol. The van der Waals surface area contributed by atoms with Crippen LogP contribution in [-0.2, 0) is 13.8 Å². The van der Waals surface area contributed by atoms with E-state index in [2.05, 4.69) is 4.74 Å². The molecule has 1 aromatic rings. The summed E-state index contributed by atoms with van der Waals surface area (Å²) in [5, 5.41) is 0. The van der Waals surface area contributed by atoms with Crippen LogP contribution in [0.3, 0.4) is 0 Å². The van der Waals surface area contributed by atoms with Crippen molar-refractivity contribution in [1.29, 1.82) is 0 Å². The summed E-state index contributed by atoms with van der Waals surface area (Å²) in [5.74, 6) is 0.213. The molecule has 0 heterocycles. The quantitative estimate of drug-likeness (QED) is 0.619. The number of benzene rings is 1. The second-order valence-corrected chi connectivity index (χ2v) is 5.62. The van der Waals surface area contributed by atoms with Crippen molar-refractivity contribution in [1.82, 2.24) is 0 Å². The molecule has 0 saturated heterocycles. The van der Waals surface area contributed by atoms with Crippen molar-refractivity contribution in [2.45, 2.75) is 11.3 Å². The highest BCUT2D eigenvalue weighted by molar-refractivity contribution is 8.13. The summed E-state index contributed by atoms with van der Waals surface area (Å²) in [6, 6.07) is 4.93. The molecular formula is C9H8ClF3O4S. The third kappa shape index (κ3) is 5.56. The van der Waals surface area contributed by atoms with Gasteiger partial charge in [0, 0.05) is 10.7 Å². The molecule has 1 rings (SSSR count). The number of halogens is 4. The van der Waals surface area contributed by atoms with Gasteiger partial charge in [0.1, 0.15) is 12.4 Å². The average Bonchev–Trinajstić information content (AvgIpc) is 2.22. The fourth-order valence-corrected chi connectivity index (χ4v) is 1.79. The van der Waals surface area contributed by atoms with Crippen LogP contribution in [0.15, 0.2) is 29.2 Å². The maximum absolute atomic E-state index is 11.6. The highest BCUT2D eigenvalue weighted by Gasteiger charge is 2.28. The van der Waals surface area contributed by atoms with Gasteiger partial charge in [-0.25, -0.2) is 8.42 Å². The van der Waals surface area contributed by atoms with Crippen LogP contribution in [-0.4, -0.2) is 28.0 Å². The molecule has 0 aliphatic carbocycles. The van der Waals surface area contributed by atoms with E-state index in [4.69, 9.17) is 15.4 Å². The third-order valence-corrected chi connectivity index (χ3v) is 3.09. The lowest BCUT2D eigenvalue weighted by atomic mass is 10.3. The van der Waals surface area contributed by atoms with Crippen molar-refractivity contribution in [2.75, 3.05) is 13.2 Å². The number of ether oxygens (including phenoxy) is 2. The number of hydrogen-bond acceptors (Lipinski definition) is 4. The van der Waals surface area contributed by atoms with E-state index < -0.39 is 22.0 Å². The summed E-state index contributed by atoms with van der Waals surface area (Å²) >= 11 is 0. The molecular weight excluding hydrogens is 297 g/mol. The standard InChI is InChI=1S/C9H8ClF3O4S/c10-18(14,15)8-3-1-7(2-4-8)16-5-6-17-9(11,12)13/h1-4H,5-6H2. The highest BCUT2D eigenvalue weighted by atomic mass is 35.7. The van der Waals surface area contributed by atoms with Crippen LogP contribution >= 0.6 is 10.7 Å². The lowest BCUT2D eigenvalue weighted by molar-refractivity contribution is -0.325. The number of alkyl halides is 3. The van der Waals surface area contributed by atoms with Crippen LogP contribution in [0.4, 0.5) is 13.2 Å². The average molecular weight is 305 g/mol. The van der Waals surface area contributed by atoms with E-state index in [1.165, 1.54) is 24.3 Å². The molecule has 0 spiro atoms. The van der Waals surface area contributed by atoms with E-state index in [1.54, 1.807) is 0 Å². The van der Waals surface area contributed by atoms with Gasteiger partial charge in [-0.2, -0.15) is 0 Å². The fraction of sp³-hybridized carbons (Fsp3) is 0.333. The van der Waals surface area contributed by atoms with E-state index in [-0.39, 0.29) is 17.3 Å². The van der Waals surface area contributed by atoms with Crippen molar-refractivity contribution < 1.29 is 31.1 Å². The van der Waals surface area contributed by atoms with Gasteiger partial charge in [0.15, 0.2) is 0 Å². The molecule has 0 saturated carbocycles. The second kappa shape index (κ2) is 5.77. The number of rotatable bonds is 5. The SMILES string of the molecule is O=S(=O)(Cl)c1ccc(OCCOC(F)(F)F)cc1. The molecule has 0 aliphatic rings. The van der Waals surface area contributed by atoms with E-state index in [0.717, 1.165) is 0 Å². The van der Waals surface area contributed by atoms with Crippen LogP contribution < -0.4 is 4.74 Å². The van der Waals surface area contributed by atoms with Gasteiger partial charge >= 0.3 is 6.36 Å².